The largest absolute Gasteiger partial charge is 0.479 e. The van der Waals surface area contributed by atoms with Gasteiger partial charge in [-0.3, -0.25) is 4.79 Å². The van der Waals surface area contributed by atoms with Gasteiger partial charge in [-0.25, -0.2) is 4.79 Å². The highest BCUT2D eigenvalue weighted by Gasteiger charge is 2.30. The summed E-state index contributed by atoms with van der Waals surface area (Å²) in [4.78, 5) is 21.8. The summed E-state index contributed by atoms with van der Waals surface area (Å²) >= 11 is 0. The predicted molar refractivity (Wildman–Crippen MR) is 66.4 cm³/mol. The maximum absolute atomic E-state index is 12.5. The third-order valence-corrected chi connectivity index (χ3v) is 2.64. The van der Waals surface area contributed by atoms with Crippen molar-refractivity contribution >= 4 is 11.9 Å². The maximum Gasteiger partial charge on any atom is 0.416 e. The molecule has 0 bridgehead atoms. The SMILES string of the molecule is O=C(Cc1cccc(C(F)(F)F)c1)NCC[C@H](O)C(=O)O. The Hall–Kier alpha value is -2.09. The van der Waals surface area contributed by atoms with E-state index in [9.17, 15) is 22.8 Å². The molecule has 0 unspecified atom stereocenters. The van der Waals surface area contributed by atoms with Crippen LogP contribution < -0.4 is 5.32 Å². The second kappa shape index (κ2) is 7.07. The molecular weight excluding hydrogens is 291 g/mol. The Morgan fingerprint density at radius 1 is 1.29 bits per heavy atom. The van der Waals surface area contributed by atoms with E-state index in [-0.39, 0.29) is 24.9 Å². The molecule has 0 saturated heterocycles. The number of halogens is 3. The van der Waals surface area contributed by atoms with Crippen LogP contribution in [0.25, 0.3) is 0 Å². The molecule has 1 amide bonds. The summed E-state index contributed by atoms with van der Waals surface area (Å²) < 4.78 is 37.5. The number of aliphatic carboxylic acids is 1. The van der Waals surface area contributed by atoms with Gasteiger partial charge in [-0.15, -0.1) is 0 Å². The van der Waals surface area contributed by atoms with Crippen LogP contribution in [0.2, 0.25) is 0 Å². The Bertz CT molecular complexity index is 516. The first kappa shape index (κ1) is 17.0. The Morgan fingerprint density at radius 3 is 2.52 bits per heavy atom. The van der Waals surface area contributed by atoms with Crippen molar-refractivity contribution in [1.29, 1.82) is 0 Å². The lowest BCUT2D eigenvalue weighted by Crippen LogP contribution is -2.31. The zero-order valence-electron chi connectivity index (χ0n) is 10.9. The molecule has 1 aromatic carbocycles. The topological polar surface area (TPSA) is 86.6 Å². The maximum atomic E-state index is 12.5. The van der Waals surface area contributed by atoms with Crippen LogP contribution in [0.4, 0.5) is 13.2 Å². The number of hydrogen-bond acceptors (Lipinski definition) is 3. The number of carboxylic acids is 1. The number of hydrogen-bond donors (Lipinski definition) is 3. The Kier molecular flexibility index (Phi) is 5.71. The molecule has 1 rings (SSSR count). The summed E-state index contributed by atoms with van der Waals surface area (Å²) in [5, 5.41) is 19.7. The number of alkyl halides is 3. The highest BCUT2D eigenvalue weighted by Crippen LogP contribution is 2.29. The van der Waals surface area contributed by atoms with Gasteiger partial charge in [0.25, 0.3) is 0 Å². The van der Waals surface area contributed by atoms with E-state index in [1.165, 1.54) is 12.1 Å². The molecule has 0 saturated carbocycles. The lowest BCUT2D eigenvalue weighted by Gasteiger charge is -2.10. The van der Waals surface area contributed by atoms with Crippen LogP contribution in [-0.2, 0) is 22.2 Å². The molecule has 0 fully saturated rings. The molecule has 1 atom stereocenters. The molecule has 0 heterocycles. The zero-order valence-corrected chi connectivity index (χ0v) is 10.9. The van der Waals surface area contributed by atoms with Crippen LogP contribution in [0.3, 0.4) is 0 Å². The van der Waals surface area contributed by atoms with Gasteiger partial charge in [0.1, 0.15) is 0 Å². The minimum atomic E-state index is -4.47. The van der Waals surface area contributed by atoms with Crippen molar-refractivity contribution in [3.63, 3.8) is 0 Å². The molecule has 0 spiro atoms. The van der Waals surface area contributed by atoms with Crippen LogP contribution in [0.1, 0.15) is 17.5 Å². The lowest BCUT2D eigenvalue weighted by atomic mass is 10.1. The van der Waals surface area contributed by atoms with E-state index in [4.69, 9.17) is 10.2 Å². The van der Waals surface area contributed by atoms with Crippen molar-refractivity contribution in [3.8, 4) is 0 Å². The molecular formula is C13H14F3NO4. The van der Waals surface area contributed by atoms with E-state index < -0.39 is 29.7 Å². The van der Waals surface area contributed by atoms with E-state index >= 15 is 0 Å². The van der Waals surface area contributed by atoms with Crippen LogP contribution in [0, 0.1) is 0 Å². The summed E-state index contributed by atoms with van der Waals surface area (Å²) in [6.07, 6.45) is -6.49. The first-order chi connectivity index (χ1) is 9.70. The third-order valence-electron chi connectivity index (χ3n) is 2.64. The third kappa shape index (κ3) is 5.82. The van der Waals surface area contributed by atoms with Crippen molar-refractivity contribution < 1.29 is 33.0 Å². The first-order valence-electron chi connectivity index (χ1n) is 6.04. The number of carbonyl (C=O) groups is 2. The number of aliphatic hydroxyl groups excluding tert-OH is 1. The van der Waals surface area contributed by atoms with E-state index in [1.54, 1.807) is 0 Å². The number of amides is 1. The van der Waals surface area contributed by atoms with Gasteiger partial charge in [0.15, 0.2) is 6.10 Å². The number of benzene rings is 1. The average molecular weight is 305 g/mol. The van der Waals surface area contributed by atoms with Crippen LogP contribution in [0.5, 0.6) is 0 Å². The Morgan fingerprint density at radius 2 is 1.95 bits per heavy atom. The quantitative estimate of drug-likeness (QED) is 0.737. The van der Waals surface area contributed by atoms with Gasteiger partial charge in [-0.1, -0.05) is 18.2 Å². The molecule has 1 aromatic rings. The molecule has 0 aliphatic heterocycles. The molecule has 0 aliphatic rings. The molecule has 21 heavy (non-hydrogen) atoms. The molecule has 0 aromatic heterocycles. The minimum Gasteiger partial charge on any atom is -0.479 e. The van der Waals surface area contributed by atoms with Gasteiger partial charge >= 0.3 is 12.1 Å². The van der Waals surface area contributed by atoms with Crippen molar-refractivity contribution in [3.05, 3.63) is 35.4 Å². The van der Waals surface area contributed by atoms with Gasteiger partial charge in [-0.05, 0) is 11.6 Å². The predicted octanol–water partition coefficient (Wildman–Crippen LogP) is 1.20. The smallest absolute Gasteiger partial charge is 0.416 e. The van der Waals surface area contributed by atoms with E-state index in [0.717, 1.165) is 12.1 Å². The highest BCUT2D eigenvalue weighted by atomic mass is 19.4. The zero-order chi connectivity index (χ0) is 16.0. The normalized spacial score (nSPS) is 12.8. The van der Waals surface area contributed by atoms with Crippen molar-refractivity contribution in [2.24, 2.45) is 0 Å². The first-order valence-corrected chi connectivity index (χ1v) is 6.04. The number of carbonyl (C=O) groups excluding carboxylic acids is 1. The average Bonchev–Trinajstić information content (AvgIpc) is 2.37. The number of rotatable bonds is 6. The summed E-state index contributed by atoms with van der Waals surface area (Å²) in [5.74, 6) is -1.95. The monoisotopic (exact) mass is 305 g/mol. The van der Waals surface area contributed by atoms with Crippen molar-refractivity contribution in [2.75, 3.05) is 6.54 Å². The van der Waals surface area contributed by atoms with Gasteiger partial charge in [-0.2, -0.15) is 13.2 Å². The van der Waals surface area contributed by atoms with Crippen LogP contribution >= 0.6 is 0 Å². The second-order valence-electron chi connectivity index (χ2n) is 4.37. The van der Waals surface area contributed by atoms with E-state index in [1.807, 2.05) is 0 Å². The van der Waals surface area contributed by atoms with E-state index in [2.05, 4.69) is 5.32 Å². The molecule has 8 heteroatoms. The fourth-order valence-corrected chi connectivity index (χ4v) is 1.58. The van der Waals surface area contributed by atoms with Gasteiger partial charge < -0.3 is 15.5 Å². The van der Waals surface area contributed by atoms with Crippen molar-refractivity contribution in [2.45, 2.75) is 25.1 Å². The number of aliphatic hydroxyl groups is 1. The Labute approximate surface area is 118 Å². The van der Waals surface area contributed by atoms with Crippen molar-refractivity contribution in [1.82, 2.24) is 5.32 Å². The fourth-order valence-electron chi connectivity index (χ4n) is 1.58. The fraction of sp³-hybridized carbons (Fsp3) is 0.385. The van der Waals surface area contributed by atoms with E-state index in [0.29, 0.717) is 0 Å². The summed E-state index contributed by atoms with van der Waals surface area (Å²) in [6.45, 7) is -0.0781. The van der Waals surface area contributed by atoms with Gasteiger partial charge in [0, 0.05) is 13.0 Å². The number of carboxylic acid groups (broad SMARTS) is 1. The highest BCUT2D eigenvalue weighted by molar-refractivity contribution is 5.78. The summed E-state index contributed by atoms with van der Waals surface area (Å²) in [7, 11) is 0. The standard InChI is InChI=1S/C13H14F3NO4/c14-13(15,16)9-3-1-2-8(6-9)7-11(19)17-5-4-10(18)12(20)21/h1-3,6,10,18H,4-5,7H2,(H,17,19)(H,20,21)/t10-/m0/s1. The Balaban J connectivity index is 2.50. The molecule has 3 N–H and O–H groups in total. The van der Waals surface area contributed by atoms with Gasteiger partial charge in [0.05, 0.1) is 12.0 Å². The molecule has 116 valence electrons. The number of nitrogens with one attached hydrogen (secondary N) is 1. The van der Waals surface area contributed by atoms with Crippen LogP contribution in [0.15, 0.2) is 24.3 Å². The summed E-state index contributed by atoms with van der Waals surface area (Å²) in [6, 6.07) is 4.39. The molecule has 5 nitrogen and oxygen atoms in total. The lowest BCUT2D eigenvalue weighted by molar-refractivity contribution is -0.147. The van der Waals surface area contributed by atoms with Gasteiger partial charge in [0.2, 0.25) is 5.91 Å². The second-order valence-corrected chi connectivity index (χ2v) is 4.37. The molecule has 0 radical (unpaired) electrons. The van der Waals surface area contributed by atoms with Crippen LogP contribution in [-0.4, -0.2) is 34.7 Å². The molecule has 0 aliphatic carbocycles. The minimum absolute atomic E-state index is 0.0781. The summed E-state index contributed by atoms with van der Waals surface area (Å²) in [5.41, 5.74) is -0.643.